The number of sulfonamides is 1. The van der Waals surface area contributed by atoms with E-state index in [-0.39, 0.29) is 27.3 Å². The number of anilines is 2. The number of hydrogen-bond acceptors (Lipinski definition) is 4. The lowest BCUT2D eigenvalue weighted by Crippen LogP contribution is -2.37. The first kappa shape index (κ1) is 18.8. The van der Waals surface area contributed by atoms with E-state index in [2.05, 4.69) is 10.0 Å². The minimum Gasteiger partial charge on any atom is -0.477 e. The van der Waals surface area contributed by atoms with Crippen molar-refractivity contribution < 1.29 is 17.9 Å². The van der Waals surface area contributed by atoms with E-state index >= 15 is 0 Å². The number of rotatable bonds is 4. The van der Waals surface area contributed by atoms with Gasteiger partial charge in [-0.2, -0.15) is 0 Å². The topological polar surface area (TPSA) is 84.5 Å². The Hall–Kier alpha value is -1.96. The van der Waals surface area contributed by atoms with Crippen molar-refractivity contribution in [2.75, 3.05) is 10.0 Å². The summed E-state index contributed by atoms with van der Waals surface area (Å²) >= 11 is 12.1. The van der Waals surface area contributed by atoms with Crippen LogP contribution < -0.4 is 14.8 Å². The van der Waals surface area contributed by atoms with Crippen molar-refractivity contribution in [3.63, 3.8) is 0 Å². The molecule has 2 aromatic carbocycles. The predicted molar refractivity (Wildman–Crippen MR) is 102 cm³/mol. The molecule has 0 aliphatic carbocycles. The molecular formula is C17H16Cl2N2O4S. The van der Waals surface area contributed by atoms with E-state index in [9.17, 15) is 13.2 Å². The van der Waals surface area contributed by atoms with Crippen LogP contribution in [0.3, 0.4) is 0 Å². The Labute approximate surface area is 161 Å². The van der Waals surface area contributed by atoms with E-state index in [0.717, 1.165) is 5.56 Å². The average molecular weight is 415 g/mol. The lowest BCUT2D eigenvalue weighted by Gasteiger charge is -2.27. The van der Waals surface area contributed by atoms with Gasteiger partial charge >= 0.3 is 0 Å². The number of benzene rings is 2. The fourth-order valence-corrected chi connectivity index (χ4v) is 4.22. The van der Waals surface area contributed by atoms with Gasteiger partial charge in [0, 0.05) is 10.0 Å². The summed E-state index contributed by atoms with van der Waals surface area (Å²) < 4.78 is 33.9. The quantitative estimate of drug-likeness (QED) is 0.784. The van der Waals surface area contributed by atoms with Crippen molar-refractivity contribution in [2.24, 2.45) is 0 Å². The van der Waals surface area contributed by atoms with Crippen LogP contribution in [-0.2, 0) is 14.8 Å². The normalized spacial score (nSPS) is 16.5. The zero-order chi connectivity index (χ0) is 19.1. The molecule has 0 aromatic heterocycles. The summed E-state index contributed by atoms with van der Waals surface area (Å²) in [5.41, 5.74) is 1.35. The highest BCUT2D eigenvalue weighted by atomic mass is 35.5. The maximum absolute atomic E-state index is 12.9. The van der Waals surface area contributed by atoms with Crippen LogP contribution in [0.5, 0.6) is 5.75 Å². The van der Waals surface area contributed by atoms with E-state index in [1.165, 1.54) is 18.2 Å². The minimum atomic E-state index is -4.03. The maximum atomic E-state index is 12.9. The largest absolute Gasteiger partial charge is 0.477 e. The predicted octanol–water partition coefficient (Wildman–Crippen LogP) is 4.21. The van der Waals surface area contributed by atoms with Gasteiger partial charge in [0.15, 0.2) is 11.9 Å². The molecule has 1 aliphatic heterocycles. The van der Waals surface area contributed by atoms with E-state index in [0.29, 0.717) is 17.1 Å². The van der Waals surface area contributed by atoms with E-state index in [1.54, 1.807) is 19.1 Å². The van der Waals surface area contributed by atoms with E-state index in [1.807, 2.05) is 6.92 Å². The minimum absolute atomic E-state index is 0.0616. The molecule has 0 bridgehead atoms. The summed E-state index contributed by atoms with van der Waals surface area (Å²) in [6.45, 7) is 3.58. The summed E-state index contributed by atoms with van der Waals surface area (Å²) in [6, 6.07) is 7.55. The Morgan fingerprint density at radius 1 is 1.23 bits per heavy atom. The number of carbonyl (C=O) groups is 1. The van der Waals surface area contributed by atoms with Crippen LogP contribution in [0.4, 0.5) is 11.4 Å². The van der Waals surface area contributed by atoms with Crippen molar-refractivity contribution in [2.45, 2.75) is 31.3 Å². The van der Waals surface area contributed by atoms with Gasteiger partial charge < -0.3 is 10.1 Å². The van der Waals surface area contributed by atoms with Gasteiger partial charge in [0.2, 0.25) is 0 Å². The molecule has 1 amide bonds. The molecule has 0 spiro atoms. The van der Waals surface area contributed by atoms with E-state index < -0.39 is 16.1 Å². The second kappa shape index (κ2) is 6.98. The molecule has 2 N–H and O–H groups in total. The molecule has 0 saturated heterocycles. The fourth-order valence-electron chi connectivity index (χ4n) is 2.53. The van der Waals surface area contributed by atoms with Crippen LogP contribution in [0, 0.1) is 6.92 Å². The lowest BCUT2D eigenvalue weighted by molar-refractivity contribution is -0.123. The van der Waals surface area contributed by atoms with Crippen LogP contribution in [-0.4, -0.2) is 20.4 Å². The zero-order valence-corrected chi connectivity index (χ0v) is 16.3. The summed E-state index contributed by atoms with van der Waals surface area (Å²) in [5.74, 6) is -0.282. The Balaban J connectivity index is 2.05. The molecule has 1 heterocycles. The van der Waals surface area contributed by atoms with Crippen molar-refractivity contribution in [3.05, 3.63) is 45.9 Å². The summed E-state index contributed by atoms with van der Waals surface area (Å²) in [6.07, 6.45) is -0.375. The number of carbonyl (C=O) groups excluding carboxylic acids is 1. The van der Waals surface area contributed by atoms with Crippen LogP contribution in [0.1, 0.15) is 18.9 Å². The standard InChI is InChI=1S/C17H16Cl2N2O4S/c1-3-14-17(22)20-13-6-10(18)7-15(16(13)25-14)26(23,24)21-11-5-4-9(2)12(19)8-11/h4-8,14,21H,3H2,1-2H3,(H,20,22). The molecule has 0 radical (unpaired) electrons. The highest BCUT2D eigenvalue weighted by Crippen LogP contribution is 2.40. The zero-order valence-electron chi connectivity index (χ0n) is 14.0. The Bertz CT molecular complexity index is 992. The molecule has 26 heavy (non-hydrogen) atoms. The molecule has 1 atom stereocenters. The number of halogens is 2. The molecule has 0 saturated carbocycles. The smallest absolute Gasteiger partial charge is 0.265 e. The van der Waals surface area contributed by atoms with Crippen LogP contribution in [0.2, 0.25) is 10.0 Å². The van der Waals surface area contributed by atoms with Gasteiger partial charge in [-0.3, -0.25) is 9.52 Å². The van der Waals surface area contributed by atoms with Crippen molar-refractivity contribution in [3.8, 4) is 5.75 Å². The molecule has 2 aromatic rings. The molecule has 1 aliphatic rings. The maximum Gasteiger partial charge on any atom is 0.265 e. The van der Waals surface area contributed by atoms with Crippen LogP contribution in [0.25, 0.3) is 0 Å². The first-order valence-electron chi connectivity index (χ1n) is 7.81. The number of ether oxygens (including phenoxy) is 1. The Kier molecular flexibility index (Phi) is 5.05. The van der Waals surface area contributed by atoms with Gasteiger partial charge in [-0.1, -0.05) is 36.2 Å². The van der Waals surface area contributed by atoms with Crippen LogP contribution >= 0.6 is 23.2 Å². The van der Waals surface area contributed by atoms with Gasteiger partial charge in [0.05, 0.1) is 11.4 Å². The average Bonchev–Trinajstić information content (AvgIpc) is 2.56. The summed E-state index contributed by atoms with van der Waals surface area (Å²) in [7, 11) is -4.03. The highest BCUT2D eigenvalue weighted by Gasteiger charge is 2.32. The molecule has 6 nitrogen and oxygen atoms in total. The summed E-state index contributed by atoms with van der Waals surface area (Å²) in [4.78, 5) is 11.8. The second-order valence-electron chi connectivity index (χ2n) is 5.85. The van der Waals surface area contributed by atoms with Gasteiger partial charge in [-0.25, -0.2) is 8.42 Å². The number of aryl methyl sites for hydroxylation is 1. The monoisotopic (exact) mass is 414 g/mol. The molecule has 138 valence electrons. The number of fused-ring (bicyclic) bond motifs is 1. The van der Waals surface area contributed by atoms with Gasteiger partial charge in [-0.15, -0.1) is 0 Å². The summed E-state index contributed by atoms with van der Waals surface area (Å²) in [5, 5.41) is 3.23. The Morgan fingerprint density at radius 3 is 2.62 bits per heavy atom. The lowest BCUT2D eigenvalue weighted by atomic mass is 10.2. The Morgan fingerprint density at radius 2 is 1.96 bits per heavy atom. The first-order chi connectivity index (χ1) is 12.2. The first-order valence-corrected chi connectivity index (χ1v) is 10.0. The van der Waals surface area contributed by atoms with Crippen LogP contribution in [0.15, 0.2) is 35.2 Å². The SMILES string of the molecule is CCC1Oc2c(cc(Cl)cc2S(=O)(=O)Nc2ccc(C)c(Cl)c2)NC1=O. The van der Waals surface area contributed by atoms with Crippen molar-refractivity contribution in [1.29, 1.82) is 0 Å². The number of hydrogen-bond donors (Lipinski definition) is 2. The molecule has 3 rings (SSSR count). The third-order valence-electron chi connectivity index (χ3n) is 3.91. The van der Waals surface area contributed by atoms with Gasteiger partial charge in [0.1, 0.15) is 4.90 Å². The molecular weight excluding hydrogens is 399 g/mol. The van der Waals surface area contributed by atoms with Crippen molar-refractivity contribution >= 4 is 50.5 Å². The third-order valence-corrected chi connectivity index (χ3v) is 5.93. The number of amides is 1. The molecule has 9 heteroatoms. The second-order valence-corrected chi connectivity index (χ2v) is 8.35. The van der Waals surface area contributed by atoms with Gasteiger partial charge in [0.25, 0.3) is 15.9 Å². The third kappa shape index (κ3) is 3.60. The molecule has 1 unspecified atom stereocenters. The number of nitrogens with one attached hydrogen (secondary N) is 2. The fraction of sp³-hybridized carbons (Fsp3) is 0.235. The highest BCUT2D eigenvalue weighted by molar-refractivity contribution is 7.92. The van der Waals surface area contributed by atoms with Crippen molar-refractivity contribution in [1.82, 2.24) is 0 Å². The molecule has 0 fully saturated rings. The van der Waals surface area contributed by atoms with Gasteiger partial charge in [-0.05, 0) is 43.2 Å². The van der Waals surface area contributed by atoms with E-state index in [4.69, 9.17) is 27.9 Å².